The number of rotatable bonds is 0. The van der Waals surface area contributed by atoms with E-state index in [1.165, 1.54) is 12.8 Å². The molecule has 2 fully saturated rings. The van der Waals surface area contributed by atoms with E-state index in [9.17, 15) is 0 Å². The maximum absolute atomic E-state index is 5.99. The highest BCUT2D eigenvalue weighted by Crippen LogP contribution is 2.57. The minimum Gasteiger partial charge on any atom is -0.371 e. The average Bonchev–Trinajstić information content (AvgIpc) is 2.36. The Morgan fingerprint density at radius 3 is 2.18 bits per heavy atom. The van der Waals surface area contributed by atoms with E-state index in [0.29, 0.717) is 17.4 Å². The molecule has 64 valence electrons. The van der Waals surface area contributed by atoms with E-state index in [-0.39, 0.29) is 5.60 Å². The normalized spacial score (nSPS) is 53.5. The van der Waals surface area contributed by atoms with Gasteiger partial charge in [0.15, 0.2) is 0 Å². The molecule has 0 amide bonds. The molecular formula is C10H18O. The lowest BCUT2D eigenvalue weighted by Crippen LogP contribution is -2.38. The standard InChI is InChI=1S/C10H18O/c1-7-9(2,3)8-5-6-10(7,4)11-8/h7-8H,5-6H2,1-4H3. The highest BCUT2D eigenvalue weighted by molar-refractivity contribution is 5.06. The molecule has 3 unspecified atom stereocenters. The van der Waals surface area contributed by atoms with Gasteiger partial charge in [-0.2, -0.15) is 0 Å². The van der Waals surface area contributed by atoms with Gasteiger partial charge in [0.2, 0.25) is 0 Å². The molecule has 0 N–H and O–H groups in total. The number of ether oxygens (including phenoxy) is 1. The molecular weight excluding hydrogens is 136 g/mol. The zero-order valence-electron chi connectivity index (χ0n) is 7.98. The summed E-state index contributed by atoms with van der Waals surface area (Å²) in [6.45, 7) is 9.28. The SMILES string of the molecule is CC1C2(C)CCC(O2)C1(C)C. The van der Waals surface area contributed by atoms with Crippen molar-refractivity contribution in [2.45, 2.75) is 52.2 Å². The van der Waals surface area contributed by atoms with Crippen LogP contribution in [0, 0.1) is 11.3 Å². The average molecular weight is 154 g/mol. The van der Waals surface area contributed by atoms with Gasteiger partial charge in [0, 0.05) is 0 Å². The third kappa shape index (κ3) is 0.752. The van der Waals surface area contributed by atoms with Crippen molar-refractivity contribution in [1.82, 2.24) is 0 Å². The van der Waals surface area contributed by atoms with Crippen LogP contribution in [-0.2, 0) is 4.74 Å². The molecule has 0 aromatic rings. The second-order valence-electron chi connectivity index (χ2n) is 5.00. The predicted molar refractivity (Wildman–Crippen MR) is 45.5 cm³/mol. The quantitative estimate of drug-likeness (QED) is 0.521. The van der Waals surface area contributed by atoms with E-state index in [4.69, 9.17) is 4.74 Å². The Kier molecular flexibility index (Phi) is 1.26. The minimum absolute atomic E-state index is 0.203. The van der Waals surface area contributed by atoms with Crippen molar-refractivity contribution >= 4 is 0 Å². The molecule has 0 saturated carbocycles. The molecule has 0 aromatic heterocycles. The van der Waals surface area contributed by atoms with E-state index in [0.717, 1.165) is 0 Å². The van der Waals surface area contributed by atoms with Gasteiger partial charge in [-0.1, -0.05) is 20.8 Å². The Morgan fingerprint density at radius 2 is 1.91 bits per heavy atom. The van der Waals surface area contributed by atoms with Gasteiger partial charge < -0.3 is 4.74 Å². The molecule has 0 aromatic carbocycles. The van der Waals surface area contributed by atoms with Crippen LogP contribution in [0.2, 0.25) is 0 Å². The summed E-state index contributed by atoms with van der Waals surface area (Å²) in [6, 6.07) is 0. The van der Waals surface area contributed by atoms with Gasteiger partial charge in [-0.25, -0.2) is 0 Å². The Labute approximate surface area is 69.1 Å². The molecule has 11 heavy (non-hydrogen) atoms. The lowest BCUT2D eigenvalue weighted by atomic mass is 9.65. The van der Waals surface area contributed by atoms with Crippen LogP contribution in [0.5, 0.6) is 0 Å². The molecule has 2 aliphatic rings. The molecule has 1 nitrogen and oxygen atoms in total. The molecule has 2 saturated heterocycles. The zero-order valence-corrected chi connectivity index (χ0v) is 7.98. The molecule has 1 heteroatoms. The van der Waals surface area contributed by atoms with Crippen LogP contribution in [0.15, 0.2) is 0 Å². The van der Waals surface area contributed by atoms with Crippen molar-refractivity contribution in [2.24, 2.45) is 11.3 Å². The van der Waals surface area contributed by atoms with Gasteiger partial charge in [0.05, 0.1) is 11.7 Å². The maximum atomic E-state index is 5.99. The second kappa shape index (κ2) is 1.82. The first-order valence-corrected chi connectivity index (χ1v) is 4.65. The van der Waals surface area contributed by atoms with Gasteiger partial charge in [-0.05, 0) is 31.1 Å². The third-order valence-corrected chi connectivity index (χ3v) is 4.18. The first-order valence-electron chi connectivity index (χ1n) is 4.65. The van der Waals surface area contributed by atoms with Crippen LogP contribution in [-0.4, -0.2) is 11.7 Å². The zero-order chi connectivity index (χ0) is 8.28. The van der Waals surface area contributed by atoms with Crippen molar-refractivity contribution in [3.63, 3.8) is 0 Å². The third-order valence-electron chi connectivity index (χ3n) is 4.18. The van der Waals surface area contributed by atoms with Crippen LogP contribution in [0.4, 0.5) is 0 Å². The van der Waals surface area contributed by atoms with E-state index in [1.54, 1.807) is 0 Å². The molecule has 2 heterocycles. The molecule has 2 aliphatic heterocycles. The van der Waals surface area contributed by atoms with Crippen molar-refractivity contribution in [3.8, 4) is 0 Å². The Balaban J connectivity index is 2.34. The summed E-state index contributed by atoms with van der Waals surface area (Å²) in [6.07, 6.45) is 3.07. The first kappa shape index (κ1) is 7.60. The fourth-order valence-corrected chi connectivity index (χ4v) is 2.77. The van der Waals surface area contributed by atoms with E-state index >= 15 is 0 Å². The summed E-state index contributed by atoms with van der Waals surface area (Å²) in [5, 5.41) is 0. The lowest BCUT2D eigenvalue weighted by molar-refractivity contribution is 0.00857. The Hall–Kier alpha value is -0.0400. The fraction of sp³-hybridized carbons (Fsp3) is 1.00. The van der Waals surface area contributed by atoms with Crippen LogP contribution in [0.25, 0.3) is 0 Å². The largest absolute Gasteiger partial charge is 0.371 e. The van der Waals surface area contributed by atoms with Gasteiger partial charge >= 0.3 is 0 Å². The molecule has 2 rings (SSSR count). The van der Waals surface area contributed by atoms with Crippen molar-refractivity contribution < 1.29 is 4.74 Å². The minimum atomic E-state index is 0.203. The van der Waals surface area contributed by atoms with Gasteiger partial charge in [0.25, 0.3) is 0 Å². The van der Waals surface area contributed by atoms with Crippen LogP contribution < -0.4 is 0 Å². The van der Waals surface area contributed by atoms with E-state index < -0.39 is 0 Å². The topological polar surface area (TPSA) is 9.23 Å². The van der Waals surface area contributed by atoms with Gasteiger partial charge in [0.1, 0.15) is 0 Å². The highest BCUT2D eigenvalue weighted by Gasteiger charge is 2.58. The predicted octanol–water partition coefficient (Wildman–Crippen LogP) is 2.60. The van der Waals surface area contributed by atoms with Gasteiger partial charge in [-0.15, -0.1) is 0 Å². The van der Waals surface area contributed by atoms with Gasteiger partial charge in [-0.3, -0.25) is 0 Å². The summed E-state index contributed by atoms with van der Waals surface area (Å²) in [4.78, 5) is 0. The van der Waals surface area contributed by atoms with Crippen molar-refractivity contribution in [1.29, 1.82) is 0 Å². The summed E-state index contributed by atoms with van der Waals surface area (Å²) < 4.78 is 5.99. The molecule has 0 radical (unpaired) electrons. The van der Waals surface area contributed by atoms with Crippen molar-refractivity contribution in [2.75, 3.05) is 0 Å². The summed E-state index contributed by atoms with van der Waals surface area (Å²) in [5.41, 5.74) is 0.612. The molecule has 0 aliphatic carbocycles. The number of fused-ring (bicyclic) bond motifs is 2. The van der Waals surface area contributed by atoms with Crippen LogP contribution in [0.3, 0.4) is 0 Å². The molecule has 0 spiro atoms. The monoisotopic (exact) mass is 154 g/mol. The number of hydrogen-bond acceptors (Lipinski definition) is 1. The summed E-state index contributed by atoms with van der Waals surface area (Å²) in [5.74, 6) is 0.716. The smallest absolute Gasteiger partial charge is 0.0691 e. The van der Waals surface area contributed by atoms with Crippen molar-refractivity contribution in [3.05, 3.63) is 0 Å². The fourth-order valence-electron chi connectivity index (χ4n) is 2.77. The first-order chi connectivity index (χ1) is 4.97. The molecule has 3 atom stereocenters. The highest BCUT2D eigenvalue weighted by atomic mass is 16.5. The van der Waals surface area contributed by atoms with E-state index in [2.05, 4.69) is 27.7 Å². The summed E-state index contributed by atoms with van der Waals surface area (Å²) >= 11 is 0. The second-order valence-corrected chi connectivity index (χ2v) is 5.00. The molecule has 2 bridgehead atoms. The Morgan fingerprint density at radius 1 is 1.27 bits per heavy atom. The summed E-state index contributed by atoms with van der Waals surface area (Å²) in [7, 11) is 0. The number of hydrogen-bond donors (Lipinski definition) is 0. The van der Waals surface area contributed by atoms with Crippen LogP contribution in [0.1, 0.15) is 40.5 Å². The van der Waals surface area contributed by atoms with E-state index in [1.807, 2.05) is 0 Å². The maximum Gasteiger partial charge on any atom is 0.0691 e. The van der Waals surface area contributed by atoms with Crippen LogP contribution >= 0.6 is 0 Å². The lowest BCUT2D eigenvalue weighted by Gasteiger charge is -2.36. The Bertz CT molecular complexity index is 181.